The van der Waals surface area contributed by atoms with E-state index < -0.39 is 0 Å². The van der Waals surface area contributed by atoms with Crippen LogP contribution in [-0.2, 0) is 4.74 Å². The van der Waals surface area contributed by atoms with E-state index in [0.29, 0.717) is 24.8 Å². The first-order valence-corrected chi connectivity index (χ1v) is 8.94. The highest BCUT2D eigenvalue weighted by atomic mass is 127. The molecule has 2 aromatic rings. The van der Waals surface area contributed by atoms with E-state index in [2.05, 4.69) is 51.7 Å². The quantitative estimate of drug-likeness (QED) is 0.461. The maximum atomic E-state index is 6.02. The Hall–Kier alpha value is -1.81. The van der Waals surface area contributed by atoms with Gasteiger partial charge in [-0.1, -0.05) is 13.8 Å². The van der Waals surface area contributed by atoms with E-state index in [9.17, 15) is 0 Å². The third-order valence-electron chi connectivity index (χ3n) is 3.50. The van der Waals surface area contributed by atoms with Gasteiger partial charge in [0.15, 0.2) is 11.6 Å². The third kappa shape index (κ3) is 5.08. The lowest BCUT2D eigenvalue weighted by atomic mass is 10.0. The van der Waals surface area contributed by atoms with Crippen LogP contribution in [0, 0.1) is 3.57 Å². The summed E-state index contributed by atoms with van der Waals surface area (Å²) >= 11 is 2.21. The van der Waals surface area contributed by atoms with Gasteiger partial charge in [-0.05, 0) is 40.6 Å². The second-order valence-electron chi connectivity index (χ2n) is 5.64. The molecule has 0 radical (unpaired) electrons. The van der Waals surface area contributed by atoms with Crippen LogP contribution in [0.15, 0.2) is 18.3 Å². The van der Waals surface area contributed by atoms with Gasteiger partial charge < -0.3 is 25.3 Å². The molecule has 1 aromatic carbocycles. The molecule has 0 atom stereocenters. The van der Waals surface area contributed by atoms with Crippen molar-refractivity contribution in [1.29, 1.82) is 0 Å². The fraction of sp³-hybridized carbons (Fsp3) is 0.412. The molecule has 0 unspecified atom stereocenters. The second kappa shape index (κ2) is 9.04. The van der Waals surface area contributed by atoms with Gasteiger partial charge in [-0.2, -0.15) is 4.98 Å². The highest BCUT2D eigenvalue weighted by molar-refractivity contribution is 14.1. The van der Waals surface area contributed by atoms with E-state index in [4.69, 9.17) is 19.9 Å². The van der Waals surface area contributed by atoms with Crippen molar-refractivity contribution < 1.29 is 14.2 Å². The van der Waals surface area contributed by atoms with Crippen LogP contribution in [0.5, 0.6) is 17.2 Å². The average Bonchev–Trinajstić information content (AvgIpc) is 2.57. The normalized spacial score (nSPS) is 10.8. The van der Waals surface area contributed by atoms with Crippen LogP contribution in [-0.4, -0.2) is 37.3 Å². The first-order chi connectivity index (χ1) is 12.0. The summed E-state index contributed by atoms with van der Waals surface area (Å²) in [5.74, 6) is 2.93. The Morgan fingerprint density at radius 1 is 1.20 bits per heavy atom. The Balaban J connectivity index is 2.25. The summed E-state index contributed by atoms with van der Waals surface area (Å²) < 4.78 is 17.3. The van der Waals surface area contributed by atoms with Crippen molar-refractivity contribution in [2.24, 2.45) is 0 Å². The summed E-state index contributed by atoms with van der Waals surface area (Å²) in [4.78, 5) is 8.45. The molecule has 0 spiro atoms. The minimum atomic E-state index is 0.262. The molecule has 1 aromatic heterocycles. The Bertz CT molecular complexity index is 725. The third-order valence-corrected chi connectivity index (χ3v) is 4.34. The van der Waals surface area contributed by atoms with Gasteiger partial charge in [-0.25, -0.2) is 4.98 Å². The predicted octanol–water partition coefficient (Wildman–Crippen LogP) is 3.65. The zero-order chi connectivity index (χ0) is 18.4. The summed E-state index contributed by atoms with van der Waals surface area (Å²) in [5, 5.41) is 3.03. The van der Waals surface area contributed by atoms with Gasteiger partial charge >= 0.3 is 0 Å². The molecular weight excluding hydrogens is 435 g/mol. The van der Waals surface area contributed by atoms with Crippen molar-refractivity contribution in [1.82, 2.24) is 9.97 Å². The van der Waals surface area contributed by atoms with E-state index in [1.807, 2.05) is 12.1 Å². The number of hydrogen-bond acceptors (Lipinski definition) is 7. The number of ether oxygens (including phenoxy) is 3. The molecule has 1 heterocycles. The fourth-order valence-electron chi connectivity index (χ4n) is 2.18. The Morgan fingerprint density at radius 2 is 1.96 bits per heavy atom. The van der Waals surface area contributed by atoms with Crippen LogP contribution in [0.2, 0.25) is 0 Å². The van der Waals surface area contributed by atoms with Gasteiger partial charge in [0, 0.05) is 19.2 Å². The first kappa shape index (κ1) is 19.5. The number of nitrogen functional groups attached to an aromatic ring is 1. The molecule has 0 fully saturated rings. The molecule has 25 heavy (non-hydrogen) atoms. The van der Waals surface area contributed by atoms with Crippen LogP contribution in [0.1, 0.15) is 25.3 Å². The summed E-state index contributed by atoms with van der Waals surface area (Å²) in [6.07, 6.45) is 1.57. The standard InChI is InChI=1S/C17H23IN4O3/c1-10(2)11-7-14(24-4)12(18)8-13(11)25-15-9-21-17(22-16(15)19)20-5-6-23-3/h7-10H,5-6H2,1-4H3,(H3,19,20,21,22). The van der Waals surface area contributed by atoms with E-state index >= 15 is 0 Å². The summed E-state index contributed by atoms with van der Waals surface area (Å²) in [6, 6.07) is 3.92. The molecule has 3 N–H and O–H groups in total. The minimum Gasteiger partial charge on any atom is -0.496 e. The van der Waals surface area contributed by atoms with Crippen molar-refractivity contribution in [2.75, 3.05) is 38.4 Å². The monoisotopic (exact) mass is 458 g/mol. The maximum absolute atomic E-state index is 6.02. The molecule has 2 rings (SSSR count). The maximum Gasteiger partial charge on any atom is 0.224 e. The number of methoxy groups -OCH3 is 2. The summed E-state index contributed by atoms with van der Waals surface area (Å²) in [6.45, 7) is 5.35. The van der Waals surface area contributed by atoms with Gasteiger partial charge in [0.05, 0.1) is 23.5 Å². The van der Waals surface area contributed by atoms with E-state index in [0.717, 1.165) is 20.6 Å². The Labute approximate surface area is 161 Å². The number of rotatable bonds is 8. The second-order valence-corrected chi connectivity index (χ2v) is 6.81. The highest BCUT2D eigenvalue weighted by Crippen LogP contribution is 2.37. The van der Waals surface area contributed by atoms with E-state index in [1.165, 1.54) is 0 Å². The molecule has 0 aliphatic carbocycles. The number of nitrogens with one attached hydrogen (secondary N) is 1. The number of halogens is 1. The van der Waals surface area contributed by atoms with Crippen LogP contribution >= 0.6 is 22.6 Å². The molecule has 0 saturated heterocycles. The van der Waals surface area contributed by atoms with Crippen LogP contribution in [0.3, 0.4) is 0 Å². The molecule has 0 aliphatic heterocycles. The van der Waals surface area contributed by atoms with Gasteiger partial charge in [-0.3, -0.25) is 0 Å². The molecule has 0 saturated carbocycles. The van der Waals surface area contributed by atoms with Crippen molar-refractivity contribution in [3.8, 4) is 17.2 Å². The van der Waals surface area contributed by atoms with Crippen molar-refractivity contribution in [3.63, 3.8) is 0 Å². The topological polar surface area (TPSA) is 91.5 Å². The number of nitrogens with two attached hydrogens (primary N) is 1. The Morgan fingerprint density at radius 3 is 2.56 bits per heavy atom. The van der Waals surface area contributed by atoms with Crippen LogP contribution < -0.4 is 20.5 Å². The minimum absolute atomic E-state index is 0.262. The smallest absolute Gasteiger partial charge is 0.224 e. The zero-order valence-corrected chi connectivity index (χ0v) is 17.0. The van der Waals surface area contributed by atoms with Gasteiger partial charge in [0.2, 0.25) is 5.95 Å². The van der Waals surface area contributed by atoms with Gasteiger partial charge in [0.1, 0.15) is 11.5 Å². The van der Waals surface area contributed by atoms with Crippen molar-refractivity contribution >= 4 is 34.4 Å². The number of hydrogen-bond donors (Lipinski definition) is 2. The fourth-order valence-corrected chi connectivity index (χ4v) is 2.84. The molecule has 0 amide bonds. The van der Waals surface area contributed by atoms with Crippen molar-refractivity contribution in [2.45, 2.75) is 19.8 Å². The predicted molar refractivity (Wildman–Crippen MR) is 107 cm³/mol. The molecule has 7 nitrogen and oxygen atoms in total. The lowest BCUT2D eigenvalue weighted by Gasteiger charge is -2.17. The molecule has 0 bridgehead atoms. The number of anilines is 2. The van der Waals surface area contributed by atoms with Gasteiger partial charge in [-0.15, -0.1) is 0 Å². The number of aromatic nitrogens is 2. The number of benzene rings is 1. The highest BCUT2D eigenvalue weighted by Gasteiger charge is 2.15. The summed E-state index contributed by atoms with van der Waals surface area (Å²) in [5.41, 5.74) is 7.05. The molecule has 8 heteroatoms. The van der Waals surface area contributed by atoms with Gasteiger partial charge in [0.25, 0.3) is 0 Å². The van der Waals surface area contributed by atoms with E-state index in [-0.39, 0.29) is 11.7 Å². The first-order valence-electron chi connectivity index (χ1n) is 7.86. The summed E-state index contributed by atoms with van der Waals surface area (Å²) in [7, 11) is 3.29. The van der Waals surface area contributed by atoms with Crippen LogP contribution in [0.4, 0.5) is 11.8 Å². The number of nitrogens with zero attached hydrogens (tertiary/aromatic N) is 2. The van der Waals surface area contributed by atoms with Crippen LogP contribution in [0.25, 0.3) is 0 Å². The molecule has 136 valence electrons. The zero-order valence-electron chi connectivity index (χ0n) is 14.8. The molecular formula is C17H23IN4O3. The molecule has 0 aliphatic rings. The van der Waals surface area contributed by atoms with Crippen molar-refractivity contribution in [3.05, 3.63) is 27.5 Å². The largest absolute Gasteiger partial charge is 0.496 e. The lowest BCUT2D eigenvalue weighted by molar-refractivity contribution is 0.210. The SMILES string of the molecule is COCCNc1ncc(Oc2cc(I)c(OC)cc2C(C)C)c(N)n1. The average molecular weight is 458 g/mol. The van der Waals surface area contributed by atoms with E-state index in [1.54, 1.807) is 20.4 Å². The lowest BCUT2D eigenvalue weighted by Crippen LogP contribution is -2.11. The Kier molecular flexibility index (Phi) is 7.06.